The number of amides is 1. The summed E-state index contributed by atoms with van der Waals surface area (Å²) in [6.07, 6.45) is 1.79. The van der Waals surface area contributed by atoms with E-state index in [-0.39, 0.29) is 11.3 Å². The fraction of sp³-hybridized carbons (Fsp3) is 0.600. The summed E-state index contributed by atoms with van der Waals surface area (Å²) in [7, 11) is 0. The Morgan fingerprint density at radius 1 is 1.25 bits per heavy atom. The lowest BCUT2D eigenvalue weighted by atomic mass is 9.86. The van der Waals surface area contributed by atoms with Crippen LogP contribution >= 0.6 is 0 Å². The molecule has 20 heavy (non-hydrogen) atoms. The van der Waals surface area contributed by atoms with Gasteiger partial charge in [-0.05, 0) is 17.5 Å². The molecule has 0 bridgehead atoms. The number of nitrogens with two attached hydrogens (primary N) is 1. The summed E-state index contributed by atoms with van der Waals surface area (Å²) >= 11 is 0. The van der Waals surface area contributed by atoms with Crippen molar-refractivity contribution >= 4 is 11.7 Å². The lowest BCUT2D eigenvalue weighted by Gasteiger charge is -2.38. The molecule has 0 spiro atoms. The highest BCUT2D eigenvalue weighted by Crippen LogP contribution is 2.20. The monoisotopic (exact) mass is 276 g/mol. The summed E-state index contributed by atoms with van der Waals surface area (Å²) in [5, 5.41) is 0. The molecule has 5 nitrogen and oxygen atoms in total. The van der Waals surface area contributed by atoms with Gasteiger partial charge in [0, 0.05) is 32.4 Å². The van der Waals surface area contributed by atoms with Gasteiger partial charge in [-0.15, -0.1) is 0 Å². The molecule has 1 aliphatic rings. The molecule has 0 saturated carbocycles. The Balaban J connectivity index is 1.93. The van der Waals surface area contributed by atoms with Crippen LogP contribution in [-0.2, 0) is 4.79 Å². The predicted molar refractivity (Wildman–Crippen MR) is 80.5 cm³/mol. The van der Waals surface area contributed by atoms with E-state index in [2.05, 4.69) is 9.88 Å². The van der Waals surface area contributed by atoms with Crippen LogP contribution in [0.3, 0.4) is 0 Å². The van der Waals surface area contributed by atoms with Gasteiger partial charge >= 0.3 is 0 Å². The molecule has 2 rings (SSSR count). The van der Waals surface area contributed by atoms with Crippen LogP contribution in [0.25, 0.3) is 0 Å². The minimum Gasteiger partial charge on any atom is -0.353 e. The third-order valence-electron chi connectivity index (χ3n) is 3.76. The zero-order chi connectivity index (χ0) is 14.8. The number of carbonyl (C=O) groups is 1. The Bertz CT molecular complexity index is 447. The third-order valence-corrected chi connectivity index (χ3v) is 3.76. The highest BCUT2D eigenvalue weighted by Gasteiger charge is 2.32. The molecule has 1 aromatic heterocycles. The SMILES string of the molecule is CC(C)(C)C(N)C(=O)N1CCN(c2ccccn2)CC1. The maximum absolute atomic E-state index is 12.4. The summed E-state index contributed by atoms with van der Waals surface area (Å²) in [5.41, 5.74) is 5.85. The lowest BCUT2D eigenvalue weighted by molar-refractivity contribution is -0.135. The molecule has 1 aliphatic heterocycles. The second-order valence-corrected chi connectivity index (χ2v) is 6.34. The normalized spacial score (nSPS) is 18.0. The summed E-state index contributed by atoms with van der Waals surface area (Å²) < 4.78 is 0. The zero-order valence-corrected chi connectivity index (χ0v) is 12.5. The van der Waals surface area contributed by atoms with Crippen molar-refractivity contribution in [3.8, 4) is 0 Å². The van der Waals surface area contributed by atoms with E-state index in [1.807, 2.05) is 43.9 Å². The maximum atomic E-state index is 12.4. The minimum absolute atomic E-state index is 0.0539. The first-order valence-corrected chi connectivity index (χ1v) is 7.10. The van der Waals surface area contributed by atoms with Gasteiger partial charge in [0.05, 0.1) is 6.04 Å². The van der Waals surface area contributed by atoms with E-state index in [0.29, 0.717) is 13.1 Å². The van der Waals surface area contributed by atoms with E-state index >= 15 is 0 Å². The van der Waals surface area contributed by atoms with Crippen molar-refractivity contribution < 1.29 is 4.79 Å². The molecule has 0 radical (unpaired) electrons. The van der Waals surface area contributed by atoms with E-state index in [9.17, 15) is 4.79 Å². The quantitative estimate of drug-likeness (QED) is 0.879. The Morgan fingerprint density at radius 3 is 2.40 bits per heavy atom. The van der Waals surface area contributed by atoms with Gasteiger partial charge in [0.1, 0.15) is 5.82 Å². The summed E-state index contributed by atoms with van der Waals surface area (Å²) in [4.78, 5) is 20.8. The first-order chi connectivity index (χ1) is 9.39. The molecule has 1 unspecified atom stereocenters. The molecule has 1 aromatic rings. The van der Waals surface area contributed by atoms with Crippen molar-refractivity contribution in [1.82, 2.24) is 9.88 Å². The molecule has 110 valence electrons. The molecule has 1 fully saturated rings. The number of nitrogens with zero attached hydrogens (tertiary/aromatic N) is 3. The number of aromatic nitrogens is 1. The predicted octanol–water partition coefficient (Wildman–Crippen LogP) is 1.10. The van der Waals surface area contributed by atoms with Gasteiger partial charge in [0.15, 0.2) is 0 Å². The van der Waals surface area contributed by atoms with E-state index in [0.717, 1.165) is 18.9 Å². The molecule has 0 aromatic carbocycles. The highest BCUT2D eigenvalue weighted by atomic mass is 16.2. The molecule has 0 aliphatic carbocycles. The average molecular weight is 276 g/mol. The van der Waals surface area contributed by atoms with Gasteiger partial charge in [-0.3, -0.25) is 4.79 Å². The first-order valence-electron chi connectivity index (χ1n) is 7.10. The number of carbonyl (C=O) groups excluding carboxylic acids is 1. The van der Waals surface area contributed by atoms with Crippen LogP contribution in [0.2, 0.25) is 0 Å². The summed E-state index contributed by atoms with van der Waals surface area (Å²) in [6.45, 7) is 9.02. The average Bonchev–Trinajstić information content (AvgIpc) is 2.46. The van der Waals surface area contributed by atoms with Crippen LogP contribution in [0.15, 0.2) is 24.4 Å². The number of hydrogen-bond donors (Lipinski definition) is 1. The number of hydrogen-bond acceptors (Lipinski definition) is 4. The van der Waals surface area contributed by atoms with E-state index in [1.165, 1.54) is 0 Å². The van der Waals surface area contributed by atoms with Gasteiger partial charge in [-0.25, -0.2) is 4.98 Å². The standard InChI is InChI=1S/C15H24N4O/c1-15(2,3)13(16)14(20)19-10-8-18(9-11-19)12-6-4-5-7-17-12/h4-7,13H,8-11,16H2,1-3H3. The number of pyridine rings is 1. The van der Waals surface area contributed by atoms with Crippen molar-refractivity contribution in [2.75, 3.05) is 31.1 Å². The smallest absolute Gasteiger partial charge is 0.240 e. The topological polar surface area (TPSA) is 62.5 Å². The Hall–Kier alpha value is -1.62. The van der Waals surface area contributed by atoms with Gasteiger partial charge < -0.3 is 15.5 Å². The van der Waals surface area contributed by atoms with Gasteiger partial charge in [-0.2, -0.15) is 0 Å². The molecule has 5 heteroatoms. The van der Waals surface area contributed by atoms with E-state index < -0.39 is 6.04 Å². The van der Waals surface area contributed by atoms with E-state index in [4.69, 9.17) is 5.73 Å². The zero-order valence-electron chi connectivity index (χ0n) is 12.5. The lowest BCUT2D eigenvalue weighted by Crippen LogP contribution is -2.56. The van der Waals surface area contributed by atoms with Crippen molar-refractivity contribution in [3.05, 3.63) is 24.4 Å². The van der Waals surface area contributed by atoms with E-state index in [1.54, 1.807) is 6.20 Å². The molecular formula is C15H24N4O. The van der Waals surface area contributed by atoms with Gasteiger partial charge in [0.2, 0.25) is 5.91 Å². The number of piperazine rings is 1. The molecule has 2 N–H and O–H groups in total. The fourth-order valence-corrected chi connectivity index (χ4v) is 2.26. The van der Waals surface area contributed by atoms with Crippen LogP contribution in [-0.4, -0.2) is 48.0 Å². The number of anilines is 1. The van der Waals surface area contributed by atoms with Crippen LogP contribution in [0, 0.1) is 5.41 Å². The van der Waals surface area contributed by atoms with Crippen LogP contribution in [0.5, 0.6) is 0 Å². The minimum atomic E-state index is -0.441. The molecule has 2 heterocycles. The fourth-order valence-electron chi connectivity index (χ4n) is 2.26. The summed E-state index contributed by atoms with van der Waals surface area (Å²) in [5.74, 6) is 1.03. The highest BCUT2D eigenvalue weighted by molar-refractivity contribution is 5.82. The second-order valence-electron chi connectivity index (χ2n) is 6.34. The Labute approximate surface area is 120 Å². The van der Waals surface area contributed by atoms with Crippen LogP contribution in [0.4, 0.5) is 5.82 Å². The Kier molecular flexibility index (Phi) is 4.28. The molecule has 1 amide bonds. The molecule has 1 atom stereocenters. The molecular weight excluding hydrogens is 252 g/mol. The maximum Gasteiger partial charge on any atom is 0.240 e. The first kappa shape index (κ1) is 14.8. The third kappa shape index (κ3) is 3.28. The van der Waals surface area contributed by atoms with Crippen molar-refractivity contribution in [2.45, 2.75) is 26.8 Å². The van der Waals surface area contributed by atoms with Crippen molar-refractivity contribution in [1.29, 1.82) is 0 Å². The largest absolute Gasteiger partial charge is 0.353 e. The van der Waals surface area contributed by atoms with Crippen molar-refractivity contribution in [2.24, 2.45) is 11.1 Å². The van der Waals surface area contributed by atoms with Gasteiger partial charge in [-0.1, -0.05) is 26.8 Å². The van der Waals surface area contributed by atoms with Gasteiger partial charge in [0.25, 0.3) is 0 Å². The van der Waals surface area contributed by atoms with Crippen LogP contribution in [0.1, 0.15) is 20.8 Å². The Morgan fingerprint density at radius 2 is 1.90 bits per heavy atom. The number of rotatable bonds is 2. The second kappa shape index (κ2) is 5.79. The van der Waals surface area contributed by atoms with Crippen molar-refractivity contribution in [3.63, 3.8) is 0 Å². The van der Waals surface area contributed by atoms with Crippen LogP contribution < -0.4 is 10.6 Å². The molecule has 1 saturated heterocycles. The summed E-state index contributed by atoms with van der Waals surface area (Å²) in [6, 6.07) is 5.45.